The molecule has 2 aliphatic rings. The molecule has 1 aromatic heterocycles. The summed E-state index contributed by atoms with van der Waals surface area (Å²) >= 11 is 1.52. The zero-order valence-electron chi connectivity index (χ0n) is 11.5. The van der Waals surface area contributed by atoms with Crippen molar-refractivity contribution in [2.24, 2.45) is 11.3 Å². The lowest BCUT2D eigenvalue weighted by atomic mass is 9.76. The number of hydrogen-bond donors (Lipinski definition) is 2. The minimum atomic E-state index is -0.311. The normalized spacial score (nSPS) is 28.6. The Morgan fingerprint density at radius 1 is 1.45 bits per heavy atom. The number of aliphatic hydroxyl groups is 1. The van der Waals surface area contributed by atoms with Crippen LogP contribution in [0.3, 0.4) is 0 Å². The second-order valence-electron chi connectivity index (χ2n) is 5.94. The Labute approximate surface area is 123 Å². The molecule has 2 atom stereocenters. The van der Waals surface area contributed by atoms with Gasteiger partial charge < -0.3 is 15.2 Å². The maximum Gasteiger partial charge on any atom is 0.252 e. The van der Waals surface area contributed by atoms with Crippen LogP contribution in [0.5, 0.6) is 0 Å². The predicted molar refractivity (Wildman–Crippen MR) is 77.9 cm³/mol. The molecule has 1 saturated carbocycles. The van der Waals surface area contributed by atoms with Gasteiger partial charge in [0.05, 0.1) is 6.10 Å². The van der Waals surface area contributed by atoms with Crippen LogP contribution in [-0.2, 0) is 4.74 Å². The second kappa shape index (κ2) is 5.84. The van der Waals surface area contributed by atoms with Crippen molar-refractivity contribution in [1.29, 1.82) is 0 Å². The topological polar surface area (TPSA) is 58.6 Å². The van der Waals surface area contributed by atoms with Crippen molar-refractivity contribution in [2.45, 2.75) is 31.8 Å². The van der Waals surface area contributed by atoms with Gasteiger partial charge in [-0.2, -0.15) is 11.3 Å². The van der Waals surface area contributed by atoms with Gasteiger partial charge in [-0.25, -0.2) is 0 Å². The average Bonchev–Trinajstić information content (AvgIpc) is 3.09. The summed E-state index contributed by atoms with van der Waals surface area (Å²) in [5, 5.41) is 17.3. The molecule has 1 spiro atoms. The number of amides is 1. The Morgan fingerprint density at radius 3 is 2.95 bits per heavy atom. The van der Waals surface area contributed by atoms with Gasteiger partial charge in [-0.1, -0.05) is 0 Å². The molecule has 0 radical (unpaired) electrons. The Hall–Kier alpha value is -0.910. The molecule has 1 amide bonds. The van der Waals surface area contributed by atoms with Crippen LogP contribution < -0.4 is 5.32 Å². The lowest BCUT2D eigenvalue weighted by Gasteiger charge is -2.37. The van der Waals surface area contributed by atoms with E-state index in [9.17, 15) is 9.90 Å². The van der Waals surface area contributed by atoms with Gasteiger partial charge in [-0.15, -0.1) is 0 Å². The van der Waals surface area contributed by atoms with Crippen molar-refractivity contribution in [2.75, 3.05) is 19.8 Å². The molecule has 5 heteroatoms. The highest BCUT2D eigenvalue weighted by Crippen LogP contribution is 2.48. The molecule has 4 nitrogen and oxygen atoms in total. The monoisotopic (exact) mass is 295 g/mol. The minimum Gasteiger partial charge on any atom is -0.392 e. The summed E-state index contributed by atoms with van der Waals surface area (Å²) < 4.78 is 5.41. The van der Waals surface area contributed by atoms with Crippen LogP contribution in [0.15, 0.2) is 16.8 Å². The van der Waals surface area contributed by atoms with Crippen molar-refractivity contribution >= 4 is 17.2 Å². The van der Waals surface area contributed by atoms with Crippen LogP contribution in [0.25, 0.3) is 0 Å². The van der Waals surface area contributed by atoms with Crippen molar-refractivity contribution in [3.05, 3.63) is 22.4 Å². The van der Waals surface area contributed by atoms with E-state index >= 15 is 0 Å². The lowest BCUT2D eigenvalue weighted by molar-refractivity contribution is -0.0555. The maximum absolute atomic E-state index is 11.9. The van der Waals surface area contributed by atoms with Crippen LogP contribution in [-0.4, -0.2) is 36.9 Å². The predicted octanol–water partition coefficient (Wildman–Crippen LogP) is 2.05. The Bertz CT molecular complexity index is 454. The molecule has 1 saturated heterocycles. The summed E-state index contributed by atoms with van der Waals surface area (Å²) in [7, 11) is 0. The number of carbonyl (C=O) groups is 1. The molecule has 110 valence electrons. The average molecular weight is 295 g/mol. The van der Waals surface area contributed by atoms with Gasteiger partial charge in [-0.3, -0.25) is 4.79 Å². The first-order valence-electron chi connectivity index (χ1n) is 7.27. The van der Waals surface area contributed by atoms with Gasteiger partial charge in [0.15, 0.2) is 0 Å². The van der Waals surface area contributed by atoms with Crippen LogP contribution in [0.2, 0.25) is 0 Å². The third-order valence-corrected chi connectivity index (χ3v) is 5.57. The third kappa shape index (κ3) is 2.62. The number of thiophene rings is 1. The molecule has 1 aliphatic carbocycles. The van der Waals surface area contributed by atoms with Gasteiger partial charge in [0.1, 0.15) is 0 Å². The fourth-order valence-corrected chi connectivity index (χ4v) is 4.17. The highest BCUT2D eigenvalue weighted by molar-refractivity contribution is 7.08. The van der Waals surface area contributed by atoms with E-state index in [0.29, 0.717) is 12.1 Å². The summed E-state index contributed by atoms with van der Waals surface area (Å²) in [6, 6.07) is 1.82. The van der Waals surface area contributed by atoms with E-state index in [1.165, 1.54) is 11.3 Å². The van der Waals surface area contributed by atoms with Crippen LogP contribution in [0.4, 0.5) is 0 Å². The van der Waals surface area contributed by atoms with Gasteiger partial charge in [0.2, 0.25) is 0 Å². The van der Waals surface area contributed by atoms with E-state index in [1.807, 2.05) is 16.8 Å². The van der Waals surface area contributed by atoms with E-state index < -0.39 is 0 Å². The fraction of sp³-hybridized carbons (Fsp3) is 0.667. The van der Waals surface area contributed by atoms with E-state index in [-0.39, 0.29) is 23.3 Å². The molecular formula is C15H21NO3S. The third-order valence-electron chi connectivity index (χ3n) is 4.88. The Morgan fingerprint density at radius 2 is 2.25 bits per heavy atom. The molecule has 0 aromatic carbocycles. The van der Waals surface area contributed by atoms with Crippen molar-refractivity contribution < 1.29 is 14.6 Å². The smallest absolute Gasteiger partial charge is 0.252 e. The lowest BCUT2D eigenvalue weighted by Crippen LogP contribution is -2.41. The molecule has 2 fully saturated rings. The molecule has 0 unspecified atom stereocenters. The molecule has 2 heterocycles. The summed E-state index contributed by atoms with van der Waals surface area (Å²) in [4.78, 5) is 11.9. The van der Waals surface area contributed by atoms with Gasteiger partial charge >= 0.3 is 0 Å². The first kappa shape index (κ1) is 14.0. The number of nitrogens with one attached hydrogen (secondary N) is 1. The zero-order valence-corrected chi connectivity index (χ0v) is 12.3. The number of ether oxygens (including phenoxy) is 1. The zero-order chi connectivity index (χ0) is 14.0. The first-order chi connectivity index (χ1) is 9.71. The summed E-state index contributed by atoms with van der Waals surface area (Å²) in [6.45, 7) is 2.08. The number of hydrogen-bond acceptors (Lipinski definition) is 4. The summed E-state index contributed by atoms with van der Waals surface area (Å²) in [6.07, 6.45) is 3.63. The molecule has 1 aliphatic heterocycles. The van der Waals surface area contributed by atoms with E-state index in [4.69, 9.17) is 4.74 Å². The second-order valence-corrected chi connectivity index (χ2v) is 6.72. The first-order valence-corrected chi connectivity index (χ1v) is 8.22. The Balaban J connectivity index is 1.55. The highest BCUT2D eigenvalue weighted by atomic mass is 32.1. The Kier molecular flexibility index (Phi) is 4.10. The number of aliphatic hydroxyl groups excluding tert-OH is 1. The van der Waals surface area contributed by atoms with Crippen molar-refractivity contribution in [3.63, 3.8) is 0 Å². The largest absolute Gasteiger partial charge is 0.392 e. The van der Waals surface area contributed by atoms with Crippen molar-refractivity contribution in [3.8, 4) is 0 Å². The molecule has 1 aromatic rings. The van der Waals surface area contributed by atoms with Gasteiger partial charge in [0.25, 0.3) is 5.91 Å². The van der Waals surface area contributed by atoms with E-state index in [2.05, 4.69) is 5.32 Å². The highest BCUT2D eigenvalue weighted by Gasteiger charge is 2.48. The van der Waals surface area contributed by atoms with Crippen LogP contribution in [0.1, 0.15) is 36.0 Å². The molecule has 20 heavy (non-hydrogen) atoms. The fourth-order valence-electron chi connectivity index (χ4n) is 3.54. The number of rotatable bonds is 3. The van der Waals surface area contributed by atoms with E-state index in [0.717, 1.165) is 38.9 Å². The van der Waals surface area contributed by atoms with Crippen molar-refractivity contribution in [1.82, 2.24) is 5.32 Å². The van der Waals surface area contributed by atoms with Crippen LogP contribution in [0, 0.1) is 11.3 Å². The quantitative estimate of drug-likeness (QED) is 0.897. The molecule has 2 N–H and O–H groups in total. The summed E-state index contributed by atoms with van der Waals surface area (Å²) in [5.74, 6) is 0.141. The maximum atomic E-state index is 11.9. The van der Waals surface area contributed by atoms with Gasteiger partial charge in [0, 0.05) is 42.0 Å². The van der Waals surface area contributed by atoms with Gasteiger partial charge in [-0.05, 0) is 37.1 Å². The minimum absolute atomic E-state index is 0.0358. The molecule has 0 bridgehead atoms. The van der Waals surface area contributed by atoms with Crippen LogP contribution >= 0.6 is 11.3 Å². The standard InChI is InChI=1S/C15H21NO3S/c17-13-11(1-3-15(13)4-6-19-7-5-15)9-16-14(18)12-2-8-20-10-12/h2,8,10-11,13,17H,1,3-7,9H2,(H,16,18)/t11-,13-/m1/s1. The number of carbonyl (C=O) groups excluding carboxylic acids is 1. The van der Waals surface area contributed by atoms with E-state index in [1.54, 1.807) is 0 Å². The molecular weight excluding hydrogens is 274 g/mol. The SMILES string of the molecule is O=C(NC[C@H]1CCC2(CCOCC2)[C@@H]1O)c1ccsc1. The molecule has 3 rings (SSSR count). The summed E-state index contributed by atoms with van der Waals surface area (Å²) in [5.41, 5.74) is 0.749.